The van der Waals surface area contributed by atoms with E-state index >= 15 is 0 Å². The minimum Gasteiger partial charge on any atom is -0.334 e. The SMILES string of the molecule is Cc1cc(C)n(CC2CCCCN2C(=O)c2cccc3ncccc23)n1. The van der Waals surface area contributed by atoms with E-state index in [1.807, 2.05) is 46.8 Å². The number of pyridine rings is 1. The summed E-state index contributed by atoms with van der Waals surface area (Å²) in [5.74, 6) is 0.106. The summed E-state index contributed by atoms with van der Waals surface area (Å²) in [6, 6.07) is 11.9. The van der Waals surface area contributed by atoms with Crippen LogP contribution >= 0.6 is 0 Å². The van der Waals surface area contributed by atoms with Crippen molar-refractivity contribution in [1.82, 2.24) is 19.7 Å². The molecular formula is C21H24N4O. The molecular weight excluding hydrogens is 324 g/mol. The van der Waals surface area contributed by atoms with Gasteiger partial charge < -0.3 is 4.90 Å². The summed E-state index contributed by atoms with van der Waals surface area (Å²) in [5, 5.41) is 5.52. The van der Waals surface area contributed by atoms with Crippen molar-refractivity contribution >= 4 is 16.8 Å². The Hall–Kier alpha value is -2.69. The van der Waals surface area contributed by atoms with E-state index in [2.05, 4.69) is 23.1 Å². The van der Waals surface area contributed by atoms with Crippen molar-refractivity contribution in [3.63, 3.8) is 0 Å². The number of carbonyl (C=O) groups is 1. The third-order valence-corrected chi connectivity index (χ3v) is 5.25. The maximum Gasteiger partial charge on any atom is 0.254 e. The summed E-state index contributed by atoms with van der Waals surface area (Å²) in [6.45, 7) is 5.65. The fourth-order valence-electron chi connectivity index (χ4n) is 3.96. The number of aryl methyl sites for hydroxylation is 2. The highest BCUT2D eigenvalue weighted by Crippen LogP contribution is 2.24. The number of benzene rings is 1. The van der Waals surface area contributed by atoms with Gasteiger partial charge in [-0.05, 0) is 57.4 Å². The fraction of sp³-hybridized carbons (Fsp3) is 0.381. The molecule has 1 fully saturated rings. The number of nitrogens with zero attached hydrogens (tertiary/aromatic N) is 4. The lowest BCUT2D eigenvalue weighted by atomic mass is 9.99. The predicted molar refractivity (Wildman–Crippen MR) is 102 cm³/mol. The normalized spacial score (nSPS) is 17.6. The Kier molecular flexibility index (Phi) is 4.45. The molecule has 1 amide bonds. The molecule has 0 N–H and O–H groups in total. The van der Waals surface area contributed by atoms with E-state index in [-0.39, 0.29) is 11.9 Å². The summed E-state index contributed by atoms with van der Waals surface area (Å²) >= 11 is 0. The average molecular weight is 348 g/mol. The van der Waals surface area contributed by atoms with Gasteiger partial charge in [-0.2, -0.15) is 5.10 Å². The molecule has 26 heavy (non-hydrogen) atoms. The van der Waals surface area contributed by atoms with Gasteiger partial charge in [0.1, 0.15) is 0 Å². The van der Waals surface area contributed by atoms with Crippen molar-refractivity contribution in [1.29, 1.82) is 0 Å². The molecule has 5 nitrogen and oxygen atoms in total. The van der Waals surface area contributed by atoms with Crippen LogP contribution in [-0.4, -0.2) is 38.2 Å². The lowest BCUT2D eigenvalue weighted by molar-refractivity contribution is 0.0585. The van der Waals surface area contributed by atoms with Crippen molar-refractivity contribution in [2.45, 2.75) is 45.7 Å². The Morgan fingerprint density at radius 2 is 2.08 bits per heavy atom. The van der Waals surface area contributed by atoms with Crippen LogP contribution in [-0.2, 0) is 6.54 Å². The largest absolute Gasteiger partial charge is 0.334 e. The van der Waals surface area contributed by atoms with Gasteiger partial charge in [0.2, 0.25) is 0 Å². The average Bonchev–Trinajstić information content (AvgIpc) is 2.98. The molecule has 1 aliphatic rings. The zero-order chi connectivity index (χ0) is 18.1. The number of hydrogen-bond donors (Lipinski definition) is 0. The Bertz CT molecular complexity index is 941. The summed E-state index contributed by atoms with van der Waals surface area (Å²) < 4.78 is 2.04. The second kappa shape index (κ2) is 6.90. The molecule has 0 aliphatic carbocycles. The molecule has 1 aliphatic heterocycles. The van der Waals surface area contributed by atoms with E-state index in [0.29, 0.717) is 0 Å². The number of piperidine rings is 1. The second-order valence-corrected chi connectivity index (χ2v) is 7.13. The third-order valence-electron chi connectivity index (χ3n) is 5.25. The fourth-order valence-corrected chi connectivity index (χ4v) is 3.96. The molecule has 1 aromatic carbocycles. The molecule has 0 radical (unpaired) electrons. The molecule has 5 heteroatoms. The van der Waals surface area contributed by atoms with Gasteiger partial charge in [0, 0.05) is 29.4 Å². The maximum absolute atomic E-state index is 13.4. The van der Waals surface area contributed by atoms with Crippen molar-refractivity contribution in [3.8, 4) is 0 Å². The van der Waals surface area contributed by atoms with Gasteiger partial charge in [0.05, 0.1) is 23.8 Å². The van der Waals surface area contributed by atoms with Crippen LogP contribution in [0.2, 0.25) is 0 Å². The number of aromatic nitrogens is 3. The predicted octanol–water partition coefficient (Wildman–Crippen LogP) is 3.74. The zero-order valence-electron chi connectivity index (χ0n) is 15.4. The maximum atomic E-state index is 13.4. The second-order valence-electron chi connectivity index (χ2n) is 7.13. The smallest absolute Gasteiger partial charge is 0.254 e. The van der Waals surface area contributed by atoms with Crippen molar-refractivity contribution in [2.24, 2.45) is 0 Å². The van der Waals surface area contributed by atoms with E-state index < -0.39 is 0 Å². The van der Waals surface area contributed by atoms with Crippen LogP contribution in [0, 0.1) is 13.8 Å². The first-order valence-electron chi connectivity index (χ1n) is 9.29. The van der Waals surface area contributed by atoms with Crippen LogP contribution in [0.25, 0.3) is 10.9 Å². The first-order valence-corrected chi connectivity index (χ1v) is 9.29. The van der Waals surface area contributed by atoms with E-state index in [4.69, 9.17) is 0 Å². The highest BCUT2D eigenvalue weighted by Gasteiger charge is 2.29. The van der Waals surface area contributed by atoms with Gasteiger partial charge in [-0.25, -0.2) is 0 Å². The van der Waals surface area contributed by atoms with E-state index in [1.165, 1.54) is 0 Å². The lowest BCUT2D eigenvalue weighted by Gasteiger charge is -2.36. The van der Waals surface area contributed by atoms with E-state index in [9.17, 15) is 4.79 Å². The van der Waals surface area contributed by atoms with Crippen LogP contribution in [0.3, 0.4) is 0 Å². The molecule has 3 aromatic rings. The Morgan fingerprint density at radius 1 is 1.19 bits per heavy atom. The molecule has 1 saturated heterocycles. The molecule has 1 unspecified atom stereocenters. The van der Waals surface area contributed by atoms with Crippen LogP contribution in [0.5, 0.6) is 0 Å². The number of rotatable bonds is 3. The number of fused-ring (bicyclic) bond motifs is 1. The van der Waals surface area contributed by atoms with Gasteiger partial charge in [0.25, 0.3) is 5.91 Å². The minimum absolute atomic E-state index is 0.106. The number of likely N-dealkylation sites (tertiary alicyclic amines) is 1. The van der Waals surface area contributed by atoms with Gasteiger partial charge in [-0.1, -0.05) is 12.1 Å². The number of carbonyl (C=O) groups excluding carboxylic acids is 1. The summed E-state index contributed by atoms with van der Waals surface area (Å²) in [6.07, 6.45) is 5.00. The van der Waals surface area contributed by atoms with Crippen molar-refractivity contribution < 1.29 is 4.79 Å². The Labute approximate surface area is 153 Å². The molecule has 0 saturated carbocycles. The minimum atomic E-state index is 0.106. The van der Waals surface area contributed by atoms with E-state index in [1.54, 1.807) is 6.20 Å². The number of hydrogen-bond acceptors (Lipinski definition) is 3. The third kappa shape index (κ3) is 3.09. The standard InChI is InChI=1S/C21H24N4O/c1-15-13-16(2)25(23-15)14-17-7-3-4-12-24(17)21(26)19-8-5-10-20-18(19)9-6-11-22-20/h5-6,8-11,13,17H,3-4,7,12,14H2,1-2H3. The van der Waals surface area contributed by atoms with Gasteiger partial charge >= 0.3 is 0 Å². The van der Waals surface area contributed by atoms with Gasteiger partial charge in [-0.15, -0.1) is 0 Å². The van der Waals surface area contributed by atoms with Crippen molar-refractivity contribution in [3.05, 3.63) is 59.5 Å². The summed E-state index contributed by atoms with van der Waals surface area (Å²) in [7, 11) is 0. The Morgan fingerprint density at radius 3 is 2.88 bits per heavy atom. The molecule has 1 atom stereocenters. The van der Waals surface area contributed by atoms with Crippen LogP contribution in [0.1, 0.15) is 41.0 Å². The van der Waals surface area contributed by atoms with Gasteiger partial charge in [0.15, 0.2) is 0 Å². The number of amides is 1. The monoisotopic (exact) mass is 348 g/mol. The highest BCUT2D eigenvalue weighted by atomic mass is 16.2. The lowest BCUT2D eigenvalue weighted by Crippen LogP contribution is -2.46. The summed E-state index contributed by atoms with van der Waals surface area (Å²) in [4.78, 5) is 19.8. The molecule has 0 spiro atoms. The van der Waals surface area contributed by atoms with Crippen LogP contribution < -0.4 is 0 Å². The summed E-state index contributed by atoms with van der Waals surface area (Å²) in [5.41, 5.74) is 3.78. The molecule has 134 valence electrons. The first kappa shape index (κ1) is 16.8. The first-order chi connectivity index (χ1) is 12.6. The molecule has 3 heterocycles. The quantitative estimate of drug-likeness (QED) is 0.724. The molecule has 4 rings (SSSR count). The zero-order valence-corrected chi connectivity index (χ0v) is 15.4. The molecule has 0 bridgehead atoms. The van der Waals surface area contributed by atoms with Crippen molar-refractivity contribution in [2.75, 3.05) is 6.54 Å². The highest BCUT2D eigenvalue weighted by molar-refractivity contribution is 6.06. The molecule has 2 aromatic heterocycles. The topological polar surface area (TPSA) is 51.0 Å². The van der Waals surface area contributed by atoms with Crippen LogP contribution in [0.4, 0.5) is 0 Å². The Balaban J connectivity index is 1.65. The van der Waals surface area contributed by atoms with E-state index in [0.717, 1.165) is 60.2 Å². The van der Waals surface area contributed by atoms with Gasteiger partial charge in [-0.3, -0.25) is 14.5 Å². The van der Waals surface area contributed by atoms with Crippen LogP contribution in [0.15, 0.2) is 42.6 Å².